The van der Waals surface area contributed by atoms with Crippen molar-refractivity contribution >= 4 is 11.3 Å². The van der Waals surface area contributed by atoms with Gasteiger partial charge in [0.25, 0.3) is 0 Å². The fourth-order valence-corrected chi connectivity index (χ4v) is 2.38. The van der Waals surface area contributed by atoms with Crippen molar-refractivity contribution < 1.29 is 4.74 Å². The van der Waals surface area contributed by atoms with E-state index in [1.807, 2.05) is 7.05 Å². The zero-order valence-electron chi connectivity index (χ0n) is 9.12. The third kappa shape index (κ3) is 3.08. The molecule has 0 radical (unpaired) electrons. The van der Waals surface area contributed by atoms with Crippen molar-refractivity contribution in [2.75, 3.05) is 14.2 Å². The van der Waals surface area contributed by atoms with E-state index in [2.05, 4.69) is 29.1 Å². The van der Waals surface area contributed by atoms with E-state index in [0.717, 1.165) is 12.8 Å². The van der Waals surface area contributed by atoms with Gasteiger partial charge < -0.3 is 10.1 Å². The monoisotopic (exact) mass is 213 g/mol. The molecule has 3 heteroatoms. The van der Waals surface area contributed by atoms with Crippen LogP contribution in [-0.2, 0) is 11.2 Å². The first-order valence-corrected chi connectivity index (χ1v) is 5.97. The quantitative estimate of drug-likeness (QED) is 0.783. The molecule has 0 aliphatic rings. The Morgan fingerprint density at radius 3 is 2.79 bits per heavy atom. The first-order chi connectivity index (χ1) is 6.81. The number of hydrogen-bond donors (Lipinski definition) is 1. The number of methoxy groups -OCH3 is 1. The minimum Gasteiger partial charge on any atom is -0.380 e. The molecule has 0 amide bonds. The van der Waals surface area contributed by atoms with Gasteiger partial charge in [0.1, 0.15) is 0 Å². The Balaban J connectivity index is 2.53. The largest absolute Gasteiger partial charge is 0.380 e. The molecule has 0 bridgehead atoms. The van der Waals surface area contributed by atoms with E-state index in [9.17, 15) is 0 Å². The molecule has 0 saturated heterocycles. The minimum atomic E-state index is 0.305. The summed E-state index contributed by atoms with van der Waals surface area (Å²) in [4.78, 5) is 0. The third-order valence-electron chi connectivity index (χ3n) is 2.56. The Morgan fingerprint density at radius 1 is 1.57 bits per heavy atom. The topological polar surface area (TPSA) is 21.3 Å². The van der Waals surface area contributed by atoms with Crippen LogP contribution in [-0.4, -0.2) is 26.3 Å². The maximum Gasteiger partial charge on any atom is 0.0724 e. The van der Waals surface area contributed by atoms with Gasteiger partial charge >= 0.3 is 0 Å². The fraction of sp³-hybridized carbons (Fsp3) is 0.636. The van der Waals surface area contributed by atoms with Crippen LogP contribution in [0, 0.1) is 0 Å². The van der Waals surface area contributed by atoms with Crippen molar-refractivity contribution in [3.63, 3.8) is 0 Å². The molecule has 1 aromatic rings. The second-order valence-electron chi connectivity index (χ2n) is 3.41. The highest BCUT2D eigenvalue weighted by Crippen LogP contribution is 2.13. The number of rotatable bonds is 6. The molecule has 2 unspecified atom stereocenters. The fourth-order valence-electron chi connectivity index (χ4n) is 1.70. The first kappa shape index (κ1) is 11.7. The molecule has 14 heavy (non-hydrogen) atoms. The van der Waals surface area contributed by atoms with E-state index < -0.39 is 0 Å². The van der Waals surface area contributed by atoms with Crippen LogP contribution < -0.4 is 5.32 Å². The number of nitrogens with one attached hydrogen (secondary N) is 1. The lowest BCUT2D eigenvalue weighted by atomic mass is 10.0. The van der Waals surface area contributed by atoms with Gasteiger partial charge in [-0.3, -0.25) is 0 Å². The van der Waals surface area contributed by atoms with Crippen LogP contribution in [0.5, 0.6) is 0 Å². The summed E-state index contributed by atoms with van der Waals surface area (Å²) in [5, 5.41) is 7.64. The standard InChI is InChI=1S/C11H19NOS/c1-4-11(13-3)10(12-2)7-9-5-6-14-8-9/h5-6,8,10-12H,4,7H2,1-3H3. The van der Waals surface area contributed by atoms with Gasteiger partial charge in [-0.2, -0.15) is 11.3 Å². The van der Waals surface area contributed by atoms with Crippen molar-refractivity contribution in [1.29, 1.82) is 0 Å². The Bertz CT molecular complexity index is 231. The molecule has 2 nitrogen and oxygen atoms in total. The summed E-state index contributed by atoms with van der Waals surface area (Å²) >= 11 is 1.75. The zero-order chi connectivity index (χ0) is 10.4. The lowest BCUT2D eigenvalue weighted by molar-refractivity contribution is 0.0678. The molecule has 0 aromatic carbocycles. The highest BCUT2D eigenvalue weighted by molar-refractivity contribution is 7.07. The summed E-state index contributed by atoms with van der Waals surface area (Å²) in [7, 11) is 3.78. The highest BCUT2D eigenvalue weighted by atomic mass is 32.1. The van der Waals surface area contributed by atoms with Gasteiger partial charge in [0.05, 0.1) is 6.10 Å². The summed E-state index contributed by atoms with van der Waals surface area (Å²) in [5.41, 5.74) is 1.39. The van der Waals surface area contributed by atoms with Crippen LogP contribution in [0.3, 0.4) is 0 Å². The SMILES string of the molecule is CCC(OC)C(Cc1ccsc1)NC. The Kier molecular flexibility index (Phi) is 5.15. The van der Waals surface area contributed by atoms with E-state index in [1.54, 1.807) is 18.4 Å². The lowest BCUT2D eigenvalue weighted by Gasteiger charge is -2.24. The maximum absolute atomic E-state index is 5.44. The molecule has 80 valence electrons. The molecule has 0 saturated carbocycles. The van der Waals surface area contributed by atoms with Crippen LogP contribution in [0.15, 0.2) is 16.8 Å². The first-order valence-electron chi connectivity index (χ1n) is 5.03. The normalized spacial score (nSPS) is 15.4. The highest BCUT2D eigenvalue weighted by Gasteiger charge is 2.17. The zero-order valence-corrected chi connectivity index (χ0v) is 9.93. The summed E-state index contributed by atoms with van der Waals surface area (Å²) in [6, 6.07) is 2.59. The summed E-state index contributed by atoms with van der Waals surface area (Å²) < 4.78 is 5.44. The number of thiophene rings is 1. The van der Waals surface area contributed by atoms with Gasteiger partial charge in [0.2, 0.25) is 0 Å². The molecule has 0 aliphatic heterocycles. The minimum absolute atomic E-state index is 0.305. The van der Waals surface area contributed by atoms with E-state index in [4.69, 9.17) is 4.74 Å². The van der Waals surface area contributed by atoms with E-state index >= 15 is 0 Å². The predicted octanol–water partition coefficient (Wildman–Crippen LogP) is 2.30. The second-order valence-corrected chi connectivity index (χ2v) is 4.19. The van der Waals surface area contributed by atoms with Crippen molar-refractivity contribution in [2.45, 2.75) is 31.9 Å². The van der Waals surface area contributed by atoms with Crippen LogP contribution in [0.2, 0.25) is 0 Å². The van der Waals surface area contributed by atoms with E-state index in [-0.39, 0.29) is 0 Å². The third-order valence-corrected chi connectivity index (χ3v) is 3.29. The maximum atomic E-state index is 5.44. The van der Waals surface area contributed by atoms with Crippen molar-refractivity contribution in [3.8, 4) is 0 Å². The molecule has 0 aliphatic carbocycles. The van der Waals surface area contributed by atoms with Crippen LogP contribution in [0.25, 0.3) is 0 Å². The lowest BCUT2D eigenvalue weighted by Crippen LogP contribution is -2.40. The summed E-state index contributed by atoms with van der Waals surface area (Å²) in [6.07, 6.45) is 2.40. The van der Waals surface area contributed by atoms with Crippen molar-refractivity contribution in [2.24, 2.45) is 0 Å². The van der Waals surface area contributed by atoms with Gasteiger partial charge in [-0.25, -0.2) is 0 Å². The van der Waals surface area contributed by atoms with E-state index in [0.29, 0.717) is 12.1 Å². The second kappa shape index (κ2) is 6.17. The average Bonchev–Trinajstić information content (AvgIpc) is 2.70. The smallest absolute Gasteiger partial charge is 0.0724 e. The number of ether oxygens (including phenoxy) is 1. The molecular formula is C11H19NOS. The van der Waals surface area contributed by atoms with Gasteiger partial charge in [0.15, 0.2) is 0 Å². The van der Waals surface area contributed by atoms with E-state index in [1.165, 1.54) is 5.56 Å². The molecule has 1 heterocycles. The summed E-state index contributed by atoms with van der Waals surface area (Å²) in [5.74, 6) is 0. The van der Waals surface area contributed by atoms with Crippen LogP contribution in [0.4, 0.5) is 0 Å². The Labute approximate surface area is 90.3 Å². The molecule has 2 atom stereocenters. The van der Waals surface area contributed by atoms with Gasteiger partial charge in [0, 0.05) is 13.2 Å². The number of hydrogen-bond acceptors (Lipinski definition) is 3. The van der Waals surface area contributed by atoms with Crippen molar-refractivity contribution in [3.05, 3.63) is 22.4 Å². The molecule has 1 N–H and O–H groups in total. The molecule has 0 spiro atoms. The summed E-state index contributed by atoms with van der Waals surface area (Å²) in [6.45, 7) is 2.16. The van der Waals surface area contributed by atoms with Gasteiger partial charge in [-0.15, -0.1) is 0 Å². The molecule has 1 rings (SSSR count). The van der Waals surface area contributed by atoms with Crippen LogP contribution in [0.1, 0.15) is 18.9 Å². The predicted molar refractivity (Wildman–Crippen MR) is 62.0 cm³/mol. The molecule has 1 aromatic heterocycles. The Hall–Kier alpha value is -0.380. The van der Waals surface area contributed by atoms with Crippen molar-refractivity contribution in [1.82, 2.24) is 5.32 Å². The van der Waals surface area contributed by atoms with Gasteiger partial charge in [-0.05, 0) is 42.3 Å². The molecule has 0 fully saturated rings. The Morgan fingerprint density at radius 2 is 2.36 bits per heavy atom. The average molecular weight is 213 g/mol. The van der Waals surface area contributed by atoms with Crippen LogP contribution >= 0.6 is 11.3 Å². The number of likely N-dealkylation sites (N-methyl/N-ethyl adjacent to an activating group) is 1. The van der Waals surface area contributed by atoms with Gasteiger partial charge in [-0.1, -0.05) is 6.92 Å². The molecular weight excluding hydrogens is 194 g/mol.